The lowest BCUT2D eigenvalue weighted by molar-refractivity contribution is 0.0481. The Labute approximate surface area is 53.7 Å². The first-order valence-corrected chi connectivity index (χ1v) is 3.91. The van der Waals surface area contributed by atoms with Crippen molar-refractivity contribution in [2.24, 2.45) is 0 Å². The molecule has 48 valence electrons. The van der Waals surface area contributed by atoms with Crippen molar-refractivity contribution in [2.75, 3.05) is 18.1 Å². The molecule has 1 atom stereocenters. The number of aliphatic hydroxyl groups is 1. The van der Waals surface area contributed by atoms with E-state index in [1.807, 2.05) is 0 Å². The van der Waals surface area contributed by atoms with Gasteiger partial charge >= 0.3 is 0 Å². The minimum atomic E-state index is -0.608. The molecular formula is C5H11NOS. The van der Waals surface area contributed by atoms with Crippen LogP contribution < -0.4 is 5.32 Å². The molecule has 3 heteroatoms. The summed E-state index contributed by atoms with van der Waals surface area (Å²) in [6, 6.07) is 0. The molecule has 1 unspecified atom stereocenters. The van der Waals surface area contributed by atoms with Crippen LogP contribution in [-0.2, 0) is 0 Å². The van der Waals surface area contributed by atoms with Gasteiger partial charge in [0.2, 0.25) is 0 Å². The van der Waals surface area contributed by atoms with E-state index in [2.05, 4.69) is 5.32 Å². The highest BCUT2D eigenvalue weighted by Gasteiger charge is 2.21. The standard InChI is InChI=1S/C5H11NOS/c1-5(7)4-8-3-2-6-5/h6-7H,2-4H2,1H3. The van der Waals surface area contributed by atoms with E-state index < -0.39 is 5.72 Å². The fraction of sp³-hybridized carbons (Fsp3) is 1.00. The second kappa shape index (κ2) is 2.25. The predicted molar refractivity (Wildman–Crippen MR) is 36.0 cm³/mol. The fourth-order valence-electron chi connectivity index (χ4n) is 0.714. The fourth-order valence-corrected chi connectivity index (χ4v) is 1.60. The molecule has 0 amide bonds. The summed E-state index contributed by atoms with van der Waals surface area (Å²) in [5, 5.41) is 12.2. The van der Waals surface area contributed by atoms with Crippen molar-refractivity contribution in [1.29, 1.82) is 0 Å². The summed E-state index contributed by atoms with van der Waals surface area (Å²) in [5.74, 6) is 1.93. The van der Waals surface area contributed by atoms with Gasteiger partial charge in [-0.05, 0) is 6.92 Å². The van der Waals surface area contributed by atoms with Gasteiger partial charge in [-0.1, -0.05) is 0 Å². The normalized spacial score (nSPS) is 39.8. The third-order valence-electron chi connectivity index (χ3n) is 1.14. The molecule has 1 aliphatic rings. The molecule has 8 heavy (non-hydrogen) atoms. The predicted octanol–water partition coefficient (Wildman–Crippen LogP) is 0.0313. The molecule has 0 saturated carbocycles. The second-order valence-electron chi connectivity index (χ2n) is 2.25. The molecule has 0 aliphatic carbocycles. The summed E-state index contributed by atoms with van der Waals surface area (Å²) in [5.41, 5.74) is -0.608. The number of hydrogen-bond acceptors (Lipinski definition) is 3. The van der Waals surface area contributed by atoms with E-state index in [-0.39, 0.29) is 0 Å². The summed E-state index contributed by atoms with van der Waals surface area (Å²) in [6.45, 7) is 2.73. The van der Waals surface area contributed by atoms with E-state index in [0.717, 1.165) is 18.1 Å². The molecule has 0 spiro atoms. The molecule has 1 heterocycles. The van der Waals surface area contributed by atoms with Crippen LogP contribution in [0.2, 0.25) is 0 Å². The first-order valence-electron chi connectivity index (χ1n) is 2.76. The van der Waals surface area contributed by atoms with Crippen LogP contribution in [0, 0.1) is 0 Å². The van der Waals surface area contributed by atoms with Crippen LogP contribution in [0.1, 0.15) is 6.92 Å². The summed E-state index contributed by atoms with van der Waals surface area (Å²) < 4.78 is 0. The number of thioether (sulfide) groups is 1. The van der Waals surface area contributed by atoms with Crippen LogP contribution in [0.15, 0.2) is 0 Å². The van der Waals surface area contributed by atoms with Crippen molar-refractivity contribution in [3.05, 3.63) is 0 Å². The Hall–Kier alpha value is 0.270. The van der Waals surface area contributed by atoms with Crippen molar-refractivity contribution in [1.82, 2.24) is 5.32 Å². The molecule has 1 fully saturated rings. The number of nitrogens with one attached hydrogen (secondary N) is 1. The van der Waals surface area contributed by atoms with E-state index in [1.165, 1.54) is 0 Å². The van der Waals surface area contributed by atoms with Gasteiger partial charge in [-0.2, -0.15) is 11.8 Å². The van der Waals surface area contributed by atoms with E-state index in [9.17, 15) is 5.11 Å². The van der Waals surface area contributed by atoms with Crippen LogP contribution >= 0.6 is 11.8 Å². The smallest absolute Gasteiger partial charge is 0.122 e. The molecule has 0 bridgehead atoms. The van der Waals surface area contributed by atoms with Gasteiger partial charge in [0.15, 0.2) is 0 Å². The largest absolute Gasteiger partial charge is 0.375 e. The monoisotopic (exact) mass is 133 g/mol. The lowest BCUT2D eigenvalue weighted by atomic mass is 10.3. The van der Waals surface area contributed by atoms with Crippen molar-refractivity contribution in [3.8, 4) is 0 Å². The van der Waals surface area contributed by atoms with Crippen LogP contribution in [-0.4, -0.2) is 28.9 Å². The van der Waals surface area contributed by atoms with Crippen molar-refractivity contribution >= 4 is 11.8 Å². The van der Waals surface area contributed by atoms with Gasteiger partial charge < -0.3 is 5.11 Å². The molecule has 0 aromatic heterocycles. The van der Waals surface area contributed by atoms with Gasteiger partial charge in [-0.25, -0.2) is 0 Å². The Kier molecular flexibility index (Phi) is 1.80. The Morgan fingerprint density at radius 3 is 2.75 bits per heavy atom. The Balaban J connectivity index is 2.33. The lowest BCUT2D eigenvalue weighted by Gasteiger charge is -2.28. The maximum absolute atomic E-state index is 9.24. The van der Waals surface area contributed by atoms with E-state index in [0.29, 0.717) is 0 Å². The SMILES string of the molecule is CC1(O)CSCCN1. The topological polar surface area (TPSA) is 32.3 Å². The highest BCUT2D eigenvalue weighted by Crippen LogP contribution is 2.13. The van der Waals surface area contributed by atoms with E-state index in [4.69, 9.17) is 0 Å². The van der Waals surface area contributed by atoms with E-state index in [1.54, 1.807) is 18.7 Å². The number of rotatable bonds is 0. The summed E-state index contributed by atoms with van der Waals surface area (Å²) in [7, 11) is 0. The summed E-state index contributed by atoms with van der Waals surface area (Å²) in [6.07, 6.45) is 0. The molecule has 2 N–H and O–H groups in total. The highest BCUT2D eigenvalue weighted by atomic mass is 32.2. The van der Waals surface area contributed by atoms with E-state index >= 15 is 0 Å². The van der Waals surface area contributed by atoms with Crippen LogP contribution in [0.25, 0.3) is 0 Å². The van der Waals surface area contributed by atoms with Crippen LogP contribution in [0.5, 0.6) is 0 Å². The molecule has 1 saturated heterocycles. The van der Waals surface area contributed by atoms with Gasteiger partial charge in [-0.15, -0.1) is 0 Å². The number of hydrogen-bond donors (Lipinski definition) is 2. The minimum absolute atomic E-state index is 0.608. The zero-order chi connectivity index (χ0) is 6.04. The second-order valence-corrected chi connectivity index (χ2v) is 3.36. The Bertz CT molecular complexity index is 76.5. The summed E-state index contributed by atoms with van der Waals surface area (Å²) >= 11 is 1.79. The third kappa shape index (κ3) is 1.65. The van der Waals surface area contributed by atoms with Gasteiger partial charge in [0, 0.05) is 18.1 Å². The van der Waals surface area contributed by atoms with Gasteiger partial charge in [0.05, 0.1) is 0 Å². The Morgan fingerprint density at radius 2 is 2.50 bits per heavy atom. The molecule has 2 nitrogen and oxygen atoms in total. The molecular weight excluding hydrogens is 122 g/mol. The zero-order valence-electron chi connectivity index (χ0n) is 4.98. The maximum Gasteiger partial charge on any atom is 0.122 e. The molecule has 1 aliphatic heterocycles. The van der Waals surface area contributed by atoms with Gasteiger partial charge in [0.1, 0.15) is 5.72 Å². The van der Waals surface area contributed by atoms with Crippen LogP contribution in [0.4, 0.5) is 0 Å². The molecule has 0 aromatic carbocycles. The van der Waals surface area contributed by atoms with Crippen molar-refractivity contribution in [3.63, 3.8) is 0 Å². The van der Waals surface area contributed by atoms with Crippen molar-refractivity contribution in [2.45, 2.75) is 12.6 Å². The Morgan fingerprint density at radius 1 is 1.75 bits per heavy atom. The first kappa shape index (κ1) is 6.39. The van der Waals surface area contributed by atoms with Crippen molar-refractivity contribution < 1.29 is 5.11 Å². The third-order valence-corrected chi connectivity index (χ3v) is 2.39. The average Bonchev–Trinajstić information content (AvgIpc) is 1.65. The quantitative estimate of drug-likeness (QED) is 0.489. The molecule has 1 rings (SSSR count). The summed E-state index contributed by atoms with van der Waals surface area (Å²) in [4.78, 5) is 0. The lowest BCUT2D eigenvalue weighted by Crippen LogP contribution is -2.48. The van der Waals surface area contributed by atoms with Crippen LogP contribution in [0.3, 0.4) is 0 Å². The highest BCUT2D eigenvalue weighted by molar-refractivity contribution is 7.99. The molecule has 0 aromatic rings. The zero-order valence-corrected chi connectivity index (χ0v) is 5.79. The minimum Gasteiger partial charge on any atom is -0.375 e. The van der Waals surface area contributed by atoms with Gasteiger partial charge in [-0.3, -0.25) is 5.32 Å². The van der Waals surface area contributed by atoms with Gasteiger partial charge in [0.25, 0.3) is 0 Å². The average molecular weight is 133 g/mol. The molecule has 0 radical (unpaired) electrons. The first-order chi connectivity index (χ1) is 3.71. The maximum atomic E-state index is 9.24.